The van der Waals surface area contributed by atoms with Crippen molar-refractivity contribution >= 4 is 13.4 Å². The summed E-state index contributed by atoms with van der Waals surface area (Å²) in [6.07, 6.45) is 0. The van der Waals surface area contributed by atoms with Crippen molar-refractivity contribution in [2.75, 3.05) is 0 Å². The molecular weight excluding hydrogens is 289 g/mol. The van der Waals surface area contributed by atoms with E-state index < -0.39 is 19.0 Å². The zero-order chi connectivity index (χ0) is 15.5. The first kappa shape index (κ1) is 15.1. The molecule has 0 saturated heterocycles. The molecular formula is C15H12NO4P. The molecule has 1 atom stereocenters. The van der Waals surface area contributed by atoms with Gasteiger partial charge in [0.25, 0.3) is 0 Å². The van der Waals surface area contributed by atoms with E-state index in [0.29, 0.717) is 5.56 Å². The Bertz CT molecular complexity index is 729. The van der Waals surface area contributed by atoms with E-state index in [2.05, 4.69) is 0 Å². The fourth-order valence-corrected chi connectivity index (χ4v) is 3.02. The number of ketones is 1. The average Bonchev–Trinajstić information content (AvgIpc) is 2.47. The molecule has 0 saturated carbocycles. The van der Waals surface area contributed by atoms with E-state index >= 15 is 0 Å². The van der Waals surface area contributed by atoms with E-state index in [9.17, 15) is 19.1 Å². The SMILES string of the molecule is N#Cc1ccc(C(=O)C(c2ccccc2)P(=O)(O)O)cc1. The van der Waals surface area contributed by atoms with Gasteiger partial charge in [-0.25, -0.2) is 0 Å². The Morgan fingerprint density at radius 1 is 1.05 bits per heavy atom. The second kappa shape index (κ2) is 6.02. The van der Waals surface area contributed by atoms with Gasteiger partial charge in [0.1, 0.15) is 5.66 Å². The lowest BCUT2D eigenvalue weighted by atomic mass is 10.0. The molecule has 6 heteroatoms. The molecule has 0 heterocycles. The van der Waals surface area contributed by atoms with Gasteiger partial charge in [0.05, 0.1) is 11.6 Å². The monoisotopic (exact) mass is 301 g/mol. The van der Waals surface area contributed by atoms with Crippen LogP contribution in [-0.4, -0.2) is 15.6 Å². The van der Waals surface area contributed by atoms with Crippen molar-refractivity contribution in [3.05, 3.63) is 71.3 Å². The summed E-state index contributed by atoms with van der Waals surface area (Å²) in [5.74, 6) is -0.668. The van der Waals surface area contributed by atoms with Gasteiger partial charge < -0.3 is 9.79 Å². The van der Waals surface area contributed by atoms with Crippen LogP contribution in [0.2, 0.25) is 0 Å². The summed E-state index contributed by atoms with van der Waals surface area (Å²) in [7, 11) is -4.65. The smallest absolute Gasteiger partial charge is 0.324 e. The van der Waals surface area contributed by atoms with Crippen molar-refractivity contribution < 1.29 is 19.1 Å². The van der Waals surface area contributed by atoms with Gasteiger partial charge in [0.2, 0.25) is 0 Å². The fourth-order valence-electron chi connectivity index (χ4n) is 2.00. The second-order valence-electron chi connectivity index (χ2n) is 4.46. The minimum atomic E-state index is -4.65. The molecule has 0 aromatic heterocycles. The summed E-state index contributed by atoms with van der Waals surface area (Å²) in [5, 5.41) is 8.72. The number of carbonyl (C=O) groups is 1. The van der Waals surface area contributed by atoms with Crippen molar-refractivity contribution in [1.29, 1.82) is 5.26 Å². The Hall–Kier alpha value is -2.25. The summed E-state index contributed by atoms with van der Waals surface area (Å²) in [4.78, 5) is 31.4. The molecule has 0 aliphatic rings. The summed E-state index contributed by atoms with van der Waals surface area (Å²) < 4.78 is 11.7. The lowest BCUT2D eigenvalue weighted by Crippen LogP contribution is -2.13. The Morgan fingerprint density at radius 3 is 2.10 bits per heavy atom. The summed E-state index contributed by atoms with van der Waals surface area (Å²) in [6, 6.07) is 15.5. The van der Waals surface area contributed by atoms with Crippen LogP contribution in [0, 0.1) is 11.3 Å². The molecule has 0 spiro atoms. The van der Waals surface area contributed by atoms with Gasteiger partial charge in [-0.15, -0.1) is 0 Å². The molecule has 2 aromatic carbocycles. The first-order chi connectivity index (χ1) is 9.93. The first-order valence-corrected chi connectivity index (χ1v) is 7.76. The van der Waals surface area contributed by atoms with Gasteiger partial charge in [-0.1, -0.05) is 42.5 Å². The third-order valence-electron chi connectivity index (χ3n) is 3.00. The quantitative estimate of drug-likeness (QED) is 0.668. The Kier molecular flexibility index (Phi) is 4.35. The summed E-state index contributed by atoms with van der Waals surface area (Å²) in [5.41, 5.74) is -0.739. The predicted molar refractivity (Wildman–Crippen MR) is 76.7 cm³/mol. The van der Waals surface area contributed by atoms with E-state index in [1.807, 2.05) is 6.07 Å². The molecule has 106 valence electrons. The van der Waals surface area contributed by atoms with Crippen molar-refractivity contribution in [2.45, 2.75) is 5.66 Å². The Morgan fingerprint density at radius 2 is 1.62 bits per heavy atom. The Labute approximate surface area is 121 Å². The maximum atomic E-state index is 12.4. The highest BCUT2D eigenvalue weighted by Crippen LogP contribution is 2.53. The van der Waals surface area contributed by atoms with Gasteiger partial charge in [-0.05, 0) is 17.7 Å². The van der Waals surface area contributed by atoms with Crippen LogP contribution >= 0.6 is 7.60 Å². The van der Waals surface area contributed by atoms with Crippen LogP contribution in [0.15, 0.2) is 54.6 Å². The van der Waals surface area contributed by atoms with E-state index in [1.165, 1.54) is 36.4 Å². The minimum absolute atomic E-state index is 0.158. The van der Waals surface area contributed by atoms with Crippen LogP contribution in [0.5, 0.6) is 0 Å². The lowest BCUT2D eigenvalue weighted by Gasteiger charge is -2.17. The summed E-state index contributed by atoms with van der Waals surface area (Å²) >= 11 is 0. The third kappa shape index (κ3) is 3.45. The van der Waals surface area contributed by atoms with Crippen LogP contribution in [0.25, 0.3) is 0 Å². The number of nitrogens with zero attached hydrogens (tertiary/aromatic N) is 1. The molecule has 2 aromatic rings. The molecule has 1 unspecified atom stereocenters. The average molecular weight is 301 g/mol. The highest BCUT2D eigenvalue weighted by Gasteiger charge is 2.37. The molecule has 5 nitrogen and oxygen atoms in total. The number of hydrogen-bond acceptors (Lipinski definition) is 3. The van der Waals surface area contributed by atoms with Gasteiger partial charge in [0.15, 0.2) is 5.78 Å². The molecule has 2 rings (SSSR count). The van der Waals surface area contributed by atoms with Gasteiger partial charge in [-0.2, -0.15) is 5.26 Å². The molecule has 0 amide bonds. The maximum absolute atomic E-state index is 12.4. The van der Waals surface area contributed by atoms with Crippen LogP contribution in [-0.2, 0) is 4.57 Å². The maximum Gasteiger partial charge on any atom is 0.340 e. The topological polar surface area (TPSA) is 98.4 Å². The molecule has 2 N–H and O–H groups in total. The van der Waals surface area contributed by atoms with E-state index in [0.717, 1.165) is 0 Å². The number of rotatable bonds is 4. The van der Waals surface area contributed by atoms with Crippen molar-refractivity contribution in [2.24, 2.45) is 0 Å². The van der Waals surface area contributed by atoms with Crippen molar-refractivity contribution in [3.63, 3.8) is 0 Å². The second-order valence-corrected chi connectivity index (χ2v) is 6.15. The Balaban J connectivity index is 2.44. The van der Waals surface area contributed by atoms with E-state index in [-0.39, 0.29) is 11.1 Å². The zero-order valence-corrected chi connectivity index (χ0v) is 11.8. The van der Waals surface area contributed by atoms with Gasteiger partial charge >= 0.3 is 7.60 Å². The predicted octanol–water partition coefficient (Wildman–Crippen LogP) is 2.66. The van der Waals surface area contributed by atoms with Crippen molar-refractivity contribution in [1.82, 2.24) is 0 Å². The molecule has 0 fully saturated rings. The lowest BCUT2D eigenvalue weighted by molar-refractivity contribution is 0.0978. The number of carbonyl (C=O) groups excluding carboxylic acids is 1. The van der Waals surface area contributed by atoms with E-state index in [1.54, 1.807) is 18.2 Å². The molecule has 0 aliphatic carbocycles. The minimum Gasteiger partial charge on any atom is -0.324 e. The fraction of sp³-hybridized carbons (Fsp3) is 0.0667. The highest BCUT2D eigenvalue weighted by atomic mass is 31.2. The number of nitriles is 1. The van der Waals surface area contributed by atoms with Crippen molar-refractivity contribution in [3.8, 4) is 6.07 Å². The number of hydrogen-bond donors (Lipinski definition) is 2. The van der Waals surface area contributed by atoms with Crippen LogP contribution in [0.1, 0.15) is 27.1 Å². The van der Waals surface area contributed by atoms with Gasteiger partial charge in [0, 0.05) is 5.56 Å². The van der Waals surface area contributed by atoms with E-state index in [4.69, 9.17) is 5.26 Å². The molecule has 0 radical (unpaired) electrons. The zero-order valence-electron chi connectivity index (χ0n) is 10.9. The number of Topliss-reactive ketones (excluding diaryl/α,β-unsaturated/α-hetero) is 1. The molecule has 0 aliphatic heterocycles. The van der Waals surface area contributed by atoms with Crippen LogP contribution in [0.4, 0.5) is 0 Å². The van der Waals surface area contributed by atoms with Crippen LogP contribution in [0.3, 0.4) is 0 Å². The molecule has 21 heavy (non-hydrogen) atoms. The highest BCUT2D eigenvalue weighted by molar-refractivity contribution is 7.53. The summed E-state index contributed by atoms with van der Waals surface area (Å²) in [6.45, 7) is 0. The number of benzene rings is 2. The largest absolute Gasteiger partial charge is 0.340 e. The molecule has 0 bridgehead atoms. The van der Waals surface area contributed by atoms with Crippen LogP contribution < -0.4 is 0 Å². The first-order valence-electron chi connectivity index (χ1n) is 6.08. The van der Waals surface area contributed by atoms with Gasteiger partial charge in [-0.3, -0.25) is 9.36 Å². The standard InChI is InChI=1S/C15H12NO4P/c16-10-11-6-8-12(9-7-11)14(17)15(21(18,19)20)13-4-2-1-3-5-13/h1-9,15H,(H2,18,19,20). The normalized spacial score (nSPS) is 12.4. The third-order valence-corrected chi connectivity index (χ3v) is 4.20.